The van der Waals surface area contributed by atoms with Crippen molar-refractivity contribution < 1.29 is 4.74 Å². The summed E-state index contributed by atoms with van der Waals surface area (Å²) in [4.78, 5) is 4.34. The first-order valence-electron chi connectivity index (χ1n) is 6.27. The Morgan fingerprint density at radius 1 is 1.50 bits per heavy atom. The summed E-state index contributed by atoms with van der Waals surface area (Å²) in [6, 6.07) is 4.07. The van der Waals surface area contributed by atoms with Crippen LogP contribution >= 0.6 is 27.5 Å². The fourth-order valence-corrected chi connectivity index (χ4v) is 2.67. The molecule has 108 valence electrons. The van der Waals surface area contributed by atoms with E-state index in [0.29, 0.717) is 6.61 Å². The van der Waals surface area contributed by atoms with Crippen LogP contribution in [0.15, 0.2) is 29.0 Å². The Labute approximate surface area is 132 Å². The fourth-order valence-electron chi connectivity index (χ4n) is 1.95. The van der Waals surface area contributed by atoms with Crippen LogP contribution in [0.5, 0.6) is 0 Å². The fraction of sp³-hybridized carbons (Fsp3) is 0.357. The summed E-state index contributed by atoms with van der Waals surface area (Å²) in [5, 5.41) is 4.01. The van der Waals surface area contributed by atoms with E-state index in [1.165, 1.54) is 0 Å². The van der Waals surface area contributed by atoms with Gasteiger partial charge >= 0.3 is 0 Å². The van der Waals surface area contributed by atoms with Gasteiger partial charge in [-0.1, -0.05) is 11.6 Å². The number of anilines is 2. The van der Waals surface area contributed by atoms with Crippen molar-refractivity contribution in [3.8, 4) is 0 Å². The molecule has 0 fully saturated rings. The van der Waals surface area contributed by atoms with Crippen molar-refractivity contribution in [2.45, 2.75) is 19.9 Å². The molecular formula is C14H17BrClN3O. The lowest BCUT2D eigenvalue weighted by Gasteiger charge is -2.17. The summed E-state index contributed by atoms with van der Waals surface area (Å²) >= 11 is 9.71. The second-order valence-corrected chi connectivity index (χ2v) is 5.93. The maximum absolute atomic E-state index is 6.17. The zero-order valence-corrected chi connectivity index (χ0v) is 14.0. The smallest absolute Gasteiger partial charge is 0.207 e. The maximum atomic E-state index is 6.17. The van der Waals surface area contributed by atoms with Crippen LogP contribution in [-0.4, -0.2) is 23.3 Å². The molecule has 0 saturated heterocycles. The lowest BCUT2D eigenvalue weighted by atomic mass is 10.2. The number of nitrogens with zero attached hydrogens (tertiary/aromatic N) is 2. The van der Waals surface area contributed by atoms with E-state index in [0.717, 1.165) is 26.7 Å². The number of halogens is 2. The van der Waals surface area contributed by atoms with Gasteiger partial charge in [0.1, 0.15) is 0 Å². The van der Waals surface area contributed by atoms with Crippen molar-refractivity contribution in [2.75, 3.05) is 19.0 Å². The van der Waals surface area contributed by atoms with Crippen LogP contribution in [-0.2, 0) is 4.74 Å². The minimum atomic E-state index is 0.199. The number of ether oxygens (including phenoxy) is 1. The Kier molecular flexibility index (Phi) is 5.07. The molecule has 0 saturated carbocycles. The van der Waals surface area contributed by atoms with Crippen molar-refractivity contribution >= 4 is 39.2 Å². The molecule has 1 aromatic heterocycles. The third-order valence-electron chi connectivity index (χ3n) is 3.05. The van der Waals surface area contributed by atoms with Crippen LogP contribution in [0.25, 0.3) is 0 Å². The molecule has 0 bridgehead atoms. The average molecular weight is 359 g/mol. The van der Waals surface area contributed by atoms with Crippen molar-refractivity contribution in [2.24, 2.45) is 0 Å². The zero-order chi connectivity index (χ0) is 14.7. The molecule has 1 atom stereocenters. The SMILES string of the molecule is COCC(C)n1ccnc1Nc1cc(Cl)c(C)cc1Br. The molecule has 2 rings (SSSR count). The number of rotatable bonds is 5. The van der Waals surface area contributed by atoms with Gasteiger partial charge in [0.15, 0.2) is 0 Å². The normalized spacial score (nSPS) is 12.4. The van der Waals surface area contributed by atoms with Gasteiger partial charge in [-0.2, -0.15) is 0 Å². The predicted octanol–water partition coefficient (Wildman–Crippen LogP) is 4.56. The Hall–Kier alpha value is -1.04. The van der Waals surface area contributed by atoms with Gasteiger partial charge in [-0.15, -0.1) is 0 Å². The topological polar surface area (TPSA) is 39.1 Å². The van der Waals surface area contributed by atoms with E-state index in [2.05, 4.69) is 33.2 Å². The van der Waals surface area contributed by atoms with Crippen molar-refractivity contribution in [1.82, 2.24) is 9.55 Å². The van der Waals surface area contributed by atoms with Gasteiger partial charge in [0.05, 0.1) is 18.3 Å². The zero-order valence-electron chi connectivity index (χ0n) is 11.7. The maximum Gasteiger partial charge on any atom is 0.207 e. The molecule has 0 aliphatic carbocycles. The highest BCUT2D eigenvalue weighted by Gasteiger charge is 2.12. The second-order valence-electron chi connectivity index (χ2n) is 4.67. The number of aryl methyl sites for hydroxylation is 1. The van der Waals surface area contributed by atoms with Crippen LogP contribution in [0.4, 0.5) is 11.6 Å². The third kappa shape index (κ3) is 3.34. The molecule has 4 nitrogen and oxygen atoms in total. The summed E-state index contributed by atoms with van der Waals surface area (Å²) in [5.74, 6) is 0.759. The standard InChI is InChI=1S/C14H17BrClN3O/c1-9-6-11(15)13(7-12(9)16)18-14-17-4-5-19(14)10(2)8-20-3/h4-7,10H,8H2,1-3H3,(H,17,18). The van der Waals surface area contributed by atoms with Gasteiger partial charge in [-0.25, -0.2) is 4.98 Å². The van der Waals surface area contributed by atoms with Gasteiger partial charge in [0.2, 0.25) is 5.95 Å². The lowest BCUT2D eigenvalue weighted by Crippen LogP contribution is -2.13. The van der Waals surface area contributed by atoms with Gasteiger partial charge in [-0.05, 0) is 47.5 Å². The molecule has 1 unspecified atom stereocenters. The molecule has 6 heteroatoms. The van der Waals surface area contributed by atoms with Crippen LogP contribution in [0.3, 0.4) is 0 Å². The van der Waals surface area contributed by atoms with Crippen LogP contribution < -0.4 is 5.32 Å². The molecule has 0 radical (unpaired) electrons. The summed E-state index contributed by atoms with van der Waals surface area (Å²) in [7, 11) is 1.69. The van der Waals surface area contributed by atoms with Gasteiger partial charge in [0.25, 0.3) is 0 Å². The number of nitrogens with one attached hydrogen (secondary N) is 1. The molecule has 1 aromatic carbocycles. The van der Waals surface area contributed by atoms with Crippen LogP contribution in [0, 0.1) is 6.92 Å². The highest BCUT2D eigenvalue weighted by molar-refractivity contribution is 9.10. The number of hydrogen-bond acceptors (Lipinski definition) is 3. The van der Waals surface area contributed by atoms with Crippen molar-refractivity contribution in [3.63, 3.8) is 0 Å². The first kappa shape index (κ1) is 15.4. The molecule has 2 aromatic rings. The van der Waals surface area contributed by atoms with Gasteiger partial charge < -0.3 is 14.6 Å². The molecule has 0 aliphatic heterocycles. The number of imidazole rings is 1. The number of hydrogen-bond donors (Lipinski definition) is 1. The number of aromatic nitrogens is 2. The summed E-state index contributed by atoms with van der Waals surface area (Å²) < 4.78 is 8.17. The Bertz CT molecular complexity index is 600. The Morgan fingerprint density at radius 2 is 2.25 bits per heavy atom. The van der Waals surface area contributed by atoms with E-state index in [1.54, 1.807) is 13.3 Å². The molecule has 0 amide bonds. The van der Waals surface area contributed by atoms with Gasteiger partial charge in [0, 0.05) is 29.0 Å². The minimum Gasteiger partial charge on any atom is -0.383 e. The van der Waals surface area contributed by atoms with Gasteiger partial charge in [-0.3, -0.25) is 0 Å². The van der Waals surface area contributed by atoms with Crippen molar-refractivity contribution in [1.29, 1.82) is 0 Å². The second kappa shape index (κ2) is 6.61. The summed E-state index contributed by atoms with van der Waals surface area (Å²) in [5.41, 5.74) is 1.91. The predicted molar refractivity (Wildman–Crippen MR) is 86.0 cm³/mol. The Morgan fingerprint density at radius 3 is 2.95 bits per heavy atom. The van der Waals surface area contributed by atoms with Crippen molar-refractivity contribution in [3.05, 3.63) is 39.6 Å². The summed E-state index contributed by atoms with van der Waals surface area (Å²) in [6.45, 7) is 4.67. The highest BCUT2D eigenvalue weighted by atomic mass is 79.9. The largest absolute Gasteiger partial charge is 0.383 e. The highest BCUT2D eigenvalue weighted by Crippen LogP contribution is 2.31. The lowest BCUT2D eigenvalue weighted by molar-refractivity contribution is 0.163. The van der Waals surface area contributed by atoms with E-state index >= 15 is 0 Å². The molecule has 0 spiro atoms. The van der Waals surface area contributed by atoms with Crippen LogP contribution in [0.1, 0.15) is 18.5 Å². The van der Waals surface area contributed by atoms with E-state index in [9.17, 15) is 0 Å². The van der Waals surface area contributed by atoms with E-state index in [1.807, 2.05) is 29.8 Å². The van der Waals surface area contributed by atoms with E-state index < -0.39 is 0 Å². The molecular weight excluding hydrogens is 342 g/mol. The Balaban J connectivity index is 2.27. The average Bonchev–Trinajstić information content (AvgIpc) is 2.84. The molecule has 0 aliphatic rings. The monoisotopic (exact) mass is 357 g/mol. The quantitative estimate of drug-likeness (QED) is 0.851. The van der Waals surface area contributed by atoms with E-state index in [4.69, 9.17) is 16.3 Å². The van der Waals surface area contributed by atoms with E-state index in [-0.39, 0.29) is 6.04 Å². The molecule has 1 N–H and O–H groups in total. The third-order valence-corrected chi connectivity index (χ3v) is 4.11. The molecule has 1 heterocycles. The first-order chi connectivity index (χ1) is 9.52. The molecule has 20 heavy (non-hydrogen) atoms. The summed E-state index contributed by atoms with van der Waals surface area (Å²) in [6.07, 6.45) is 3.69. The minimum absolute atomic E-state index is 0.199. The number of benzene rings is 1. The first-order valence-corrected chi connectivity index (χ1v) is 7.44. The number of methoxy groups -OCH3 is 1. The van der Waals surface area contributed by atoms with Crippen LogP contribution in [0.2, 0.25) is 5.02 Å².